The molecule has 0 aromatic carbocycles. The van der Waals surface area contributed by atoms with Crippen LogP contribution in [0.3, 0.4) is 0 Å². The molecule has 50 heavy (non-hydrogen) atoms. The summed E-state index contributed by atoms with van der Waals surface area (Å²) in [5.41, 5.74) is 0. The van der Waals surface area contributed by atoms with Gasteiger partial charge in [-0.2, -0.15) is 15.6 Å². The molecular weight excluding hydrogens is 759 g/mol. The molecule has 0 N–H and O–H groups in total. The first kappa shape index (κ1) is 65.8. The van der Waals surface area contributed by atoms with E-state index in [1.807, 2.05) is 0 Å². The molecule has 0 aliphatic carbocycles. The summed E-state index contributed by atoms with van der Waals surface area (Å²) in [6.45, 7) is 11.3. The second kappa shape index (κ2) is 51.0. The maximum Gasteiger partial charge on any atom is 2.00 e. The molecule has 288 valence electrons. The van der Waals surface area contributed by atoms with E-state index in [1.54, 1.807) is 0 Å². The SMILES string of the molecule is CCCCCCCCC(CCCCCCCC)COCC(CCCCCCCC)CCCCCCCC.O=P([O-])([O-])[O-].O=P([O-])([O-])[O-].[Ca+2].[Ca+2].[Ca+2]. The van der Waals surface area contributed by atoms with Gasteiger partial charge >= 0.3 is 113 Å². The van der Waals surface area contributed by atoms with Crippen LogP contribution in [0.2, 0.25) is 0 Å². The number of unbranched alkanes of at least 4 members (excludes halogenated alkanes) is 20. The quantitative estimate of drug-likeness (QED) is 0.0418. The van der Waals surface area contributed by atoms with Crippen LogP contribution in [0.15, 0.2) is 0 Å². The number of phosphoric acid groups is 2. The Bertz CT molecular complexity index is 597. The molecule has 0 saturated carbocycles. The Morgan fingerprint density at radius 3 is 0.700 bits per heavy atom. The average Bonchev–Trinajstić information content (AvgIpc) is 2.97. The van der Waals surface area contributed by atoms with Crippen LogP contribution in [-0.2, 0) is 13.9 Å². The second-order valence-corrected chi connectivity index (χ2v) is 15.2. The van der Waals surface area contributed by atoms with Crippen molar-refractivity contribution in [2.45, 2.75) is 207 Å². The van der Waals surface area contributed by atoms with E-state index >= 15 is 0 Å². The van der Waals surface area contributed by atoms with Gasteiger partial charge in [0, 0.05) is 13.2 Å². The molecule has 0 aromatic heterocycles. The minimum atomic E-state index is -5.39. The Morgan fingerprint density at radius 2 is 0.520 bits per heavy atom. The van der Waals surface area contributed by atoms with E-state index in [0.29, 0.717) is 0 Å². The zero-order valence-electron chi connectivity index (χ0n) is 33.1. The molecule has 0 aliphatic rings. The summed E-state index contributed by atoms with van der Waals surface area (Å²) < 4.78 is 23.6. The van der Waals surface area contributed by atoms with Crippen molar-refractivity contribution in [3.05, 3.63) is 0 Å². The standard InChI is InChI=1S/C36H74O.3Ca.2H3O4P/c1-5-9-13-17-21-25-29-35(30-26-22-18-14-10-6-2)33-37-34-36(31-27-23-19-15-11-7-3)32-28-24-20-16-12-8-4;;;;2*1-5(2,3)4/h35-36H,5-34H2,1-4H3;;;;2*(H3,1,2,3,4)/q;3*+2;;/p-6. The first-order valence-electron chi connectivity index (χ1n) is 19.3. The largest absolute Gasteiger partial charge is 2.00 e. The minimum absolute atomic E-state index is 0. The van der Waals surface area contributed by atoms with Gasteiger partial charge in [-0.1, -0.05) is 182 Å². The van der Waals surface area contributed by atoms with Crippen molar-refractivity contribution in [2.24, 2.45) is 11.8 Å². The molecule has 0 heterocycles. The second-order valence-electron chi connectivity index (χ2n) is 13.4. The Hall–Kier alpha value is 3.96. The van der Waals surface area contributed by atoms with Gasteiger partial charge in [-0.3, -0.25) is 0 Å². The molecule has 14 heteroatoms. The van der Waals surface area contributed by atoms with Crippen molar-refractivity contribution in [1.82, 2.24) is 0 Å². The first-order chi connectivity index (χ1) is 22.3. The fourth-order valence-electron chi connectivity index (χ4n) is 5.88. The van der Waals surface area contributed by atoms with Crippen molar-refractivity contribution in [3.63, 3.8) is 0 Å². The monoisotopic (exact) mass is 832 g/mol. The third-order valence-corrected chi connectivity index (χ3v) is 8.57. The van der Waals surface area contributed by atoms with Crippen molar-refractivity contribution in [3.8, 4) is 0 Å². The van der Waals surface area contributed by atoms with Crippen LogP contribution in [0.25, 0.3) is 0 Å². The van der Waals surface area contributed by atoms with Gasteiger partial charge in [0.25, 0.3) is 0 Å². The predicted octanol–water partition coefficient (Wildman–Crippen LogP) is 6.45. The maximum atomic E-state index is 8.55. The van der Waals surface area contributed by atoms with Gasteiger partial charge in [-0.15, -0.1) is 0 Å². The normalized spacial score (nSPS) is 11.1. The molecule has 0 atom stereocenters. The van der Waals surface area contributed by atoms with Gasteiger partial charge in [-0.25, -0.2) is 0 Å². The van der Waals surface area contributed by atoms with Crippen LogP contribution in [0, 0.1) is 11.8 Å². The predicted molar refractivity (Wildman–Crippen MR) is 202 cm³/mol. The van der Waals surface area contributed by atoms with Gasteiger partial charge in [-0.05, 0) is 37.5 Å². The molecular formula is C36H74Ca3O9P2. The van der Waals surface area contributed by atoms with Crippen LogP contribution in [0.4, 0.5) is 0 Å². The molecule has 0 amide bonds. The van der Waals surface area contributed by atoms with Crippen LogP contribution in [-0.4, -0.2) is 126 Å². The van der Waals surface area contributed by atoms with Crippen LogP contribution >= 0.6 is 15.6 Å². The van der Waals surface area contributed by atoms with E-state index in [2.05, 4.69) is 27.7 Å². The van der Waals surface area contributed by atoms with Crippen molar-refractivity contribution in [1.29, 1.82) is 0 Å². The zero-order valence-corrected chi connectivity index (χ0v) is 41.5. The molecule has 0 spiro atoms. The van der Waals surface area contributed by atoms with Crippen LogP contribution < -0.4 is 29.4 Å². The molecule has 0 bridgehead atoms. The third-order valence-electron chi connectivity index (χ3n) is 8.57. The Balaban J connectivity index is -0.000000324. The van der Waals surface area contributed by atoms with Crippen LogP contribution in [0.1, 0.15) is 207 Å². The van der Waals surface area contributed by atoms with E-state index < -0.39 is 15.6 Å². The van der Waals surface area contributed by atoms with E-state index in [9.17, 15) is 0 Å². The third kappa shape index (κ3) is 76.6. The molecule has 0 radical (unpaired) electrons. The fourth-order valence-corrected chi connectivity index (χ4v) is 5.88. The van der Waals surface area contributed by atoms with Gasteiger partial charge in [0.05, 0.1) is 0 Å². The smallest absolute Gasteiger partial charge is 0.822 e. The molecule has 0 aromatic rings. The summed E-state index contributed by atoms with van der Waals surface area (Å²) in [7, 11) is -10.8. The van der Waals surface area contributed by atoms with E-state index in [4.69, 9.17) is 43.2 Å². The Labute approximate surface area is 399 Å². The summed E-state index contributed by atoms with van der Waals surface area (Å²) >= 11 is 0. The van der Waals surface area contributed by atoms with Gasteiger partial charge in [0.1, 0.15) is 0 Å². The topological polar surface area (TPSA) is 182 Å². The molecule has 0 aliphatic heterocycles. The molecule has 9 nitrogen and oxygen atoms in total. The van der Waals surface area contributed by atoms with E-state index in [-0.39, 0.29) is 113 Å². The van der Waals surface area contributed by atoms with Gasteiger partial charge in [0.15, 0.2) is 0 Å². The Morgan fingerprint density at radius 1 is 0.360 bits per heavy atom. The minimum Gasteiger partial charge on any atom is -0.822 e. The van der Waals surface area contributed by atoms with Crippen LogP contribution in [0.5, 0.6) is 0 Å². The van der Waals surface area contributed by atoms with E-state index in [1.165, 1.54) is 180 Å². The van der Waals surface area contributed by atoms with Gasteiger partial charge in [0.2, 0.25) is 0 Å². The Kier molecular flexibility index (Phi) is 67.1. The molecule has 0 fully saturated rings. The summed E-state index contributed by atoms with van der Waals surface area (Å²) in [5.74, 6) is 1.61. The first-order valence-corrected chi connectivity index (χ1v) is 22.2. The number of rotatable bonds is 32. The summed E-state index contributed by atoms with van der Waals surface area (Å²) in [6.07, 6.45) is 39.7. The molecule has 0 saturated heterocycles. The fraction of sp³-hybridized carbons (Fsp3) is 1.00. The number of hydrogen-bond donors (Lipinski definition) is 0. The zero-order chi connectivity index (χ0) is 36.1. The van der Waals surface area contributed by atoms with Gasteiger partial charge < -0.3 is 43.2 Å². The maximum absolute atomic E-state index is 8.55. The van der Waals surface area contributed by atoms with Crippen molar-refractivity contribution >= 4 is 129 Å². The summed E-state index contributed by atoms with van der Waals surface area (Å²) in [5, 5.41) is 0. The molecule has 0 unspecified atom stereocenters. The van der Waals surface area contributed by atoms with Crippen molar-refractivity contribution in [2.75, 3.05) is 13.2 Å². The molecule has 0 rings (SSSR count). The number of ether oxygens (including phenoxy) is 1. The van der Waals surface area contributed by atoms with E-state index in [0.717, 1.165) is 25.0 Å². The average molecular weight is 833 g/mol. The number of hydrogen-bond acceptors (Lipinski definition) is 9. The summed E-state index contributed by atoms with van der Waals surface area (Å²) in [6, 6.07) is 0. The van der Waals surface area contributed by atoms with Crippen molar-refractivity contribution < 1.29 is 43.2 Å². The summed E-state index contributed by atoms with van der Waals surface area (Å²) in [4.78, 5) is 51.3.